The Morgan fingerprint density at radius 1 is 1.13 bits per heavy atom. The monoisotopic (exact) mass is 428 g/mol. The summed E-state index contributed by atoms with van der Waals surface area (Å²) in [6.45, 7) is 2.87. The van der Waals surface area contributed by atoms with Gasteiger partial charge in [0.05, 0.1) is 5.16 Å². The Hall–Kier alpha value is -3.75. The highest BCUT2D eigenvalue weighted by molar-refractivity contribution is 5.68. The molecule has 162 valence electrons. The second-order valence-electron chi connectivity index (χ2n) is 6.25. The third-order valence-corrected chi connectivity index (χ3v) is 4.07. The van der Waals surface area contributed by atoms with Gasteiger partial charge in [-0.25, -0.2) is 9.36 Å². The van der Waals surface area contributed by atoms with Crippen molar-refractivity contribution in [1.82, 2.24) is 14.7 Å². The minimum absolute atomic E-state index is 0.222. The van der Waals surface area contributed by atoms with Gasteiger partial charge in [-0.05, 0) is 4.90 Å². The highest BCUT2D eigenvalue weighted by Gasteiger charge is 2.52. The normalized spacial score (nSPS) is 23.3. The molecule has 0 amide bonds. The van der Waals surface area contributed by atoms with Crippen molar-refractivity contribution in [1.29, 1.82) is 0 Å². The van der Waals surface area contributed by atoms with Crippen molar-refractivity contribution >= 4 is 29.1 Å². The minimum Gasteiger partial charge on any atom is -0.463 e. The van der Waals surface area contributed by atoms with Gasteiger partial charge in [0, 0.05) is 20.8 Å². The predicted molar refractivity (Wildman–Crippen MR) is 89.5 cm³/mol. The van der Waals surface area contributed by atoms with Crippen molar-refractivity contribution in [2.24, 2.45) is 0 Å². The van der Waals surface area contributed by atoms with Gasteiger partial charge in [-0.15, -0.1) is 0 Å². The highest BCUT2D eigenvalue weighted by Crippen LogP contribution is 2.34. The number of fused-ring (bicyclic) bond motifs is 1. The van der Waals surface area contributed by atoms with E-state index in [1.165, 1.54) is 0 Å². The first-order chi connectivity index (χ1) is 14.1. The fourth-order valence-corrected chi connectivity index (χ4v) is 3.03. The number of carbonyl (C=O) groups is 3. The Morgan fingerprint density at radius 3 is 2.37 bits per heavy atom. The molecule has 2 aromatic heterocycles. The van der Waals surface area contributed by atoms with Crippen LogP contribution in [-0.2, 0) is 33.3 Å². The van der Waals surface area contributed by atoms with Crippen molar-refractivity contribution in [3.63, 3.8) is 0 Å². The Morgan fingerprint density at radius 2 is 1.77 bits per heavy atom. The van der Waals surface area contributed by atoms with Gasteiger partial charge in [0.25, 0.3) is 0 Å². The largest absolute Gasteiger partial charge is 0.463 e. The molecule has 15 nitrogen and oxygen atoms in total. The van der Waals surface area contributed by atoms with Crippen LogP contribution < -0.4 is 16.2 Å². The predicted octanol–water partition coefficient (Wildman–Crippen LogP) is -2.36. The molecule has 1 aliphatic heterocycles. The molecule has 0 aliphatic carbocycles. The number of ether oxygens (including phenoxy) is 4. The lowest BCUT2D eigenvalue weighted by atomic mass is 10.1. The van der Waals surface area contributed by atoms with Gasteiger partial charge in [0.2, 0.25) is 0 Å². The summed E-state index contributed by atoms with van der Waals surface area (Å²) < 4.78 is 26.0. The van der Waals surface area contributed by atoms with Crippen molar-refractivity contribution in [2.75, 3.05) is 6.61 Å². The lowest BCUT2D eigenvalue weighted by Crippen LogP contribution is -2.43. The molecule has 0 bridgehead atoms. The first-order valence-corrected chi connectivity index (χ1v) is 8.47. The second-order valence-corrected chi connectivity index (χ2v) is 6.25. The number of carbonyl (C=O) groups excluding carboxylic acids is 3. The fraction of sp³-hybridized carbons (Fsp3) is 0.533. The maximum absolute atomic E-state index is 12.5. The van der Waals surface area contributed by atoms with Crippen LogP contribution in [0.4, 0.5) is 0 Å². The number of hydrogen-bond acceptors (Lipinski definition) is 12. The van der Waals surface area contributed by atoms with E-state index in [0.717, 1.165) is 20.8 Å². The molecule has 0 spiro atoms. The molecule has 15 heteroatoms. The maximum atomic E-state index is 12.5. The number of H-pyrrole nitrogens is 1. The van der Waals surface area contributed by atoms with Crippen molar-refractivity contribution < 1.29 is 42.9 Å². The van der Waals surface area contributed by atoms with Crippen LogP contribution in [0.15, 0.2) is 14.2 Å². The zero-order valence-electron chi connectivity index (χ0n) is 15.8. The molecule has 1 saturated heterocycles. The van der Waals surface area contributed by atoms with Crippen molar-refractivity contribution in [3.8, 4) is 0 Å². The summed E-state index contributed by atoms with van der Waals surface area (Å²) in [7, 11) is 0. The van der Waals surface area contributed by atoms with Gasteiger partial charge in [0.1, 0.15) is 12.7 Å². The Balaban J connectivity index is 2.14. The second kappa shape index (κ2) is 7.94. The van der Waals surface area contributed by atoms with Gasteiger partial charge in [0.15, 0.2) is 18.4 Å². The number of esters is 3. The molecule has 0 radical (unpaired) electrons. The lowest BCUT2D eigenvalue weighted by Gasteiger charge is -2.23. The molecule has 30 heavy (non-hydrogen) atoms. The van der Waals surface area contributed by atoms with E-state index in [9.17, 15) is 29.2 Å². The highest BCUT2D eigenvalue weighted by atomic mass is 16.8. The molecule has 0 aromatic carbocycles. The SMILES string of the molecule is CC(=O)OC[C@H]1O[C@@H](n2c(=O)[nH]c(=O)c3c2no[n+]3[O-])[C@H](OC(C)=O)[C@@H]1OC(C)=O. The molecule has 3 rings (SSSR count). The molecule has 2 aromatic rings. The lowest BCUT2D eigenvalue weighted by molar-refractivity contribution is -0.782. The zero-order chi connectivity index (χ0) is 22.2. The quantitative estimate of drug-likeness (QED) is 0.302. The van der Waals surface area contributed by atoms with Gasteiger partial charge >= 0.3 is 40.3 Å². The minimum atomic E-state index is -1.52. The average Bonchev–Trinajstić information content (AvgIpc) is 3.15. The average molecular weight is 428 g/mol. The topological polar surface area (TPSA) is 196 Å². The van der Waals surface area contributed by atoms with Crippen LogP contribution in [0.25, 0.3) is 11.2 Å². The van der Waals surface area contributed by atoms with E-state index in [4.69, 9.17) is 18.9 Å². The van der Waals surface area contributed by atoms with Crippen LogP contribution in [0, 0.1) is 5.21 Å². The van der Waals surface area contributed by atoms with E-state index in [0.29, 0.717) is 4.57 Å². The van der Waals surface area contributed by atoms with Crippen molar-refractivity contribution in [2.45, 2.75) is 45.3 Å². The maximum Gasteiger partial charge on any atom is 0.334 e. The summed E-state index contributed by atoms with van der Waals surface area (Å²) in [5, 5.41) is 15.1. The number of nitrogens with zero attached hydrogens (tertiary/aromatic N) is 3. The van der Waals surface area contributed by atoms with Crippen LogP contribution in [0.2, 0.25) is 0 Å². The molecule has 1 aliphatic rings. The van der Waals surface area contributed by atoms with E-state index >= 15 is 0 Å². The molecular formula is C15H16N4O11. The van der Waals surface area contributed by atoms with Crippen LogP contribution in [0.3, 0.4) is 0 Å². The van der Waals surface area contributed by atoms with Crippen LogP contribution in [0.5, 0.6) is 0 Å². The summed E-state index contributed by atoms with van der Waals surface area (Å²) in [5.74, 6) is -2.25. The van der Waals surface area contributed by atoms with E-state index < -0.39 is 71.5 Å². The third kappa shape index (κ3) is 3.86. The summed E-state index contributed by atoms with van der Waals surface area (Å²) >= 11 is 0. The molecule has 0 unspecified atom stereocenters. The number of rotatable bonds is 5. The van der Waals surface area contributed by atoms with E-state index in [1.54, 1.807) is 0 Å². The van der Waals surface area contributed by atoms with Crippen LogP contribution in [0.1, 0.15) is 27.0 Å². The van der Waals surface area contributed by atoms with Crippen molar-refractivity contribution in [3.05, 3.63) is 26.0 Å². The Bertz CT molecular complexity index is 1120. The van der Waals surface area contributed by atoms with Gasteiger partial charge < -0.3 is 24.2 Å². The summed E-state index contributed by atoms with van der Waals surface area (Å²) in [6, 6.07) is 0. The number of nitrogens with one attached hydrogen (secondary N) is 1. The summed E-state index contributed by atoms with van der Waals surface area (Å²) in [5.41, 5.74) is -3.29. The van der Waals surface area contributed by atoms with E-state index in [2.05, 4.69) is 9.79 Å². The first-order valence-electron chi connectivity index (χ1n) is 8.47. The molecule has 4 atom stereocenters. The first kappa shape index (κ1) is 21.0. The molecular weight excluding hydrogens is 412 g/mol. The van der Waals surface area contributed by atoms with Gasteiger partial charge in [-0.1, -0.05) is 0 Å². The number of aromatic nitrogens is 4. The number of aromatic amines is 1. The van der Waals surface area contributed by atoms with Gasteiger partial charge in [-0.2, -0.15) is 0 Å². The molecule has 1 N–H and O–H groups in total. The Kier molecular flexibility index (Phi) is 5.55. The third-order valence-electron chi connectivity index (χ3n) is 4.07. The van der Waals surface area contributed by atoms with Crippen LogP contribution in [-0.4, -0.2) is 57.5 Å². The standard InChI is InChI=1S/C15H16N4O11/c1-5(20)26-4-8-10(27-6(2)21)11(28-7(3)22)14(29-8)18-12-9(19(25)30-17-12)13(23)16-15(18)24/h8,10-11,14H,4H2,1-3H3,(H,16,23,24)/t8-,10-,11-,14-/m1/s1. The Labute approximate surface area is 165 Å². The molecule has 1 fully saturated rings. The van der Waals surface area contributed by atoms with Crippen LogP contribution >= 0.6 is 0 Å². The zero-order valence-corrected chi connectivity index (χ0v) is 15.8. The number of hydrogen-bond donors (Lipinski definition) is 1. The fourth-order valence-electron chi connectivity index (χ4n) is 3.03. The molecule has 0 saturated carbocycles. The van der Waals surface area contributed by atoms with E-state index in [-0.39, 0.29) is 4.90 Å². The smallest absolute Gasteiger partial charge is 0.334 e. The van der Waals surface area contributed by atoms with E-state index in [1.807, 2.05) is 4.98 Å². The summed E-state index contributed by atoms with van der Waals surface area (Å²) in [6.07, 6.45) is -5.39. The molecule has 3 heterocycles. The summed E-state index contributed by atoms with van der Waals surface area (Å²) in [4.78, 5) is 60.5. The van der Waals surface area contributed by atoms with Gasteiger partial charge in [-0.3, -0.25) is 28.8 Å².